The van der Waals surface area contributed by atoms with E-state index >= 15 is 0 Å². The summed E-state index contributed by atoms with van der Waals surface area (Å²) in [5, 5.41) is 11.7. The average molecular weight is 295 g/mol. The molecule has 0 fully saturated rings. The Hall–Kier alpha value is -2.08. The van der Waals surface area contributed by atoms with E-state index in [9.17, 15) is 9.59 Å². The van der Waals surface area contributed by atoms with Gasteiger partial charge in [0.2, 0.25) is 5.91 Å². The van der Waals surface area contributed by atoms with Crippen LogP contribution in [0.3, 0.4) is 0 Å². The van der Waals surface area contributed by atoms with Crippen molar-refractivity contribution in [1.29, 1.82) is 0 Å². The van der Waals surface area contributed by atoms with E-state index in [-0.39, 0.29) is 29.7 Å². The lowest BCUT2D eigenvalue weighted by Crippen LogP contribution is -2.15. The first kappa shape index (κ1) is 17.0. The summed E-state index contributed by atoms with van der Waals surface area (Å²) < 4.78 is 10.3. The smallest absolute Gasteiger partial charge is 0.337 e. The van der Waals surface area contributed by atoms with Crippen molar-refractivity contribution in [2.24, 2.45) is 0 Å². The molecule has 0 atom stereocenters. The predicted molar refractivity (Wildman–Crippen MR) is 78.9 cm³/mol. The average Bonchev–Trinajstić information content (AvgIpc) is 2.43. The number of aromatic carboxylic acids is 1. The number of ether oxygens (including phenoxy) is 2. The Morgan fingerprint density at radius 2 is 2.05 bits per heavy atom. The number of carbonyl (C=O) groups excluding carboxylic acids is 1. The van der Waals surface area contributed by atoms with E-state index in [1.165, 1.54) is 19.2 Å². The van der Waals surface area contributed by atoms with Crippen molar-refractivity contribution in [3.63, 3.8) is 0 Å². The van der Waals surface area contributed by atoms with Crippen LogP contribution in [-0.2, 0) is 9.53 Å². The van der Waals surface area contributed by atoms with Crippen LogP contribution in [0, 0.1) is 0 Å². The molecule has 0 spiro atoms. The third kappa shape index (κ3) is 5.83. The molecule has 0 saturated heterocycles. The minimum atomic E-state index is -1.12. The summed E-state index contributed by atoms with van der Waals surface area (Å²) in [6.07, 6.45) is 0.994. The minimum Gasteiger partial charge on any atom is -0.497 e. The topological polar surface area (TPSA) is 84.9 Å². The van der Waals surface area contributed by atoms with Gasteiger partial charge in [0.15, 0.2) is 0 Å². The second-order valence-electron chi connectivity index (χ2n) is 4.79. The summed E-state index contributed by atoms with van der Waals surface area (Å²) in [6.45, 7) is 4.35. The number of rotatable bonds is 8. The fourth-order valence-electron chi connectivity index (χ4n) is 1.70. The van der Waals surface area contributed by atoms with Crippen LogP contribution in [-0.4, -0.2) is 36.8 Å². The first-order chi connectivity index (χ1) is 9.93. The molecule has 6 heteroatoms. The van der Waals surface area contributed by atoms with Gasteiger partial charge < -0.3 is 19.9 Å². The molecular weight excluding hydrogens is 274 g/mol. The van der Waals surface area contributed by atoms with Crippen molar-refractivity contribution >= 4 is 17.6 Å². The number of methoxy groups -OCH3 is 1. The summed E-state index contributed by atoms with van der Waals surface area (Å²) in [5.41, 5.74) is 0.263. The summed E-state index contributed by atoms with van der Waals surface area (Å²) in [5.74, 6) is -0.932. The molecule has 0 saturated carbocycles. The zero-order valence-electron chi connectivity index (χ0n) is 12.5. The normalized spacial score (nSPS) is 10.5. The molecule has 1 amide bonds. The number of carbonyl (C=O) groups is 2. The van der Waals surface area contributed by atoms with Crippen molar-refractivity contribution in [1.82, 2.24) is 0 Å². The number of carboxylic acid groups (broad SMARTS) is 1. The number of hydrogen-bond donors (Lipinski definition) is 2. The molecule has 6 nitrogen and oxygen atoms in total. The second-order valence-corrected chi connectivity index (χ2v) is 4.79. The lowest BCUT2D eigenvalue weighted by atomic mass is 10.1. The van der Waals surface area contributed by atoms with E-state index in [0.29, 0.717) is 18.8 Å². The Morgan fingerprint density at radius 3 is 2.62 bits per heavy atom. The lowest BCUT2D eigenvalue weighted by Gasteiger charge is -2.10. The van der Waals surface area contributed by atoms with E-state index < -0.39 is 5.97 Å². The number of benzene rings is 1. The van der Waals surface area contributed by atoms with Crippen LogP contribution in [0.2, 0.25) is 0 Å². The molecule has 0 aromatic heterocycles. The van der Waals surface area contributed by atoms with E-state index in [2.05, 4.69) is 5.32 Å². The molecule has 0 aliphatic carbocycles. The predicted octanol–water partition coefficient (Wildman–Crippen LogP) is 2.54. The van der Waals surface area contributed by atoms with Gasteiger partial charge in [0.05, 0.1) is 24.5 Å². The highest BCUT2D eigenvalue weighted by Crippen LogP contribution is 2.22. The molecule has 0 unspecified atom stereocenters. The standard InChI is InChI=1S/C15H21NO5/c1-10(2)21-8-4-5-14(17)16-13-7-6-11(20-3)9-12(13)15(18)19/h6-7,9-10H,4-5,8H2,1-3H3,(H,16,17)(H,18,19). The maximum atomic E-state index is 11.8. The molecule has 0 bridgehead atoms. The van der Waals surface area contributed by atoms with Gasteiger partial charge in [0.1, 0.15) is 5.75 Å². The van der Waals surface area contributed by atoms with Gasteiger partial charge in [-0.15, -0.1) is 0 Å². The third-order valence-electron chi connectivity index (χ3n) is 2.73. The van der Waals surface area contributed by atoms with Gasteiger partial charge in [-0.2, -0.15) is 0 Å². The summed E-state index contributed by atoms with van der Waals surface area (Å²) in [4.78, 5) is 23.0. The monoisotopic (exact) mass is 295 g/mol. The number of hydrogen-bond acceptors (Lipinski definition) is 4. The summed E-state index contributed by atoms with van der Waals surface area (Å²) >= 11 is 0. The van der Waals surface area contributed by atoms with E-state index in [4.69, 9.17) is 14.6 Å². The highest BCUT2D eigenvalue weighted by Gasteiger charge is 2.13. The van der Waals surface area contributed by atoms with Gasteiger partial charge in [-0.3, -0.25) is 4.79 Å². The summed E-state index contributed by atoms with van der Waals surface area (Å²) in [7, 11) is 1.45. The van der Waals surface area contributed by atoms with Crippen molar-refractivity contribution in [2.45, 2.75) is 32.8 Å². The van der Waals surface area contributed by atoms with E-state index in [1.807, 2.05) is 13.8 Å². The molecule has 0 aliphatic heterocycles. The maximum Gasteiger partial charge on any atom is 0.337 e. The number of amides is 1. The van der Waals surface area contributed by atoms with Gasteiger partial charge in [-0.05, 0) is 38.5 Å². The maximum absolute atomic E-state index is 11.8. The van der Waals surface area contributed by atoms with Gasteiger partial charge in [-0.1, -0.05) is 0 Å². The van der Waals surface area contributed by atoms with Crippen LogP contribution in [0.4, 0.5) is 5.69 Å². The Balaban J connectivity index is 2.61. The van der Waals surface area contributed by atoms with E-state index in [0.717, 1.165) is 0 Å². The van der Waals surface area contributed by atoms with Crippen LogP contribution < -0.4 is 10.1 Å². The highest BCUT2D eigenvalue weighted by molar-refractivity contribution is 6.00. The molecule has 21 heavy (non-hydrogen) atoms. The molecule has 2 N–H and O–H groups in total. The molecule has 116 valence electrons. The van der Waals surface area contributed by atoms with Gasteiger partial charge in [0, 0.05) is 13.0 Å². The molecule has 1 aromatic carbocycles. The highest BCUT2D eigenvalue weighted by atomic mass is 16.5. The lowest BCUT2D eigenvalue weighted by molar-refractivity contribution is -0.116. The molecular formula is C15H21NO5. The molecule has 0 heterocycles. The first-order valence-corrected chi connectivity index (χ1v) is 6.76. The fraction of sp³-hybridized carbons (Fsp3) is 0.467. The van der Waals surface area contributed by atoms with E-state index in [1.54, 1.807) is 6.07 Å². The number of anilines is 1. The van der Waals surface area contributed by atoms with Gasteiger partial charge in [-0.25, -0.2) is 4.79 Å². The zero-order valence-corrected chi connectivity index (χ0v) is 12.5. The van der Waals surface area contributed by atoms with Gasteiger partial charge in [0.25, 0.3) is 0 Å². The van der Waals surface area contributed by atoms with Crippen molar-refractivity contribution in [3.05, 3.63) is 23.8 Å². The molecule has 1 rings (SSSR count). The molecule has 0 radical (unpaired) electrons. The van der Waals surface area contributed by atoms with Crippen molar-refractivity contribution in [3.8, 4) is 5.75 Å². The SMILES string of the molecule is COc1ccc(NC(=O)CCCOC(C)C)c(C(=O)O)c1. The van der Waals surface area contributed by atoms with Crippen LogP contribution in [0.15, 0.2) is 18.2 Å². The first-order valence-electron chi connectivity index (χ1n) is 6.76. The number of nitrogens with one attached hydrogen (secondary N) is 1. The molecule has 1 aromatic rings. The minimum absolute atomic E-state index is 0.00105. The van der Waals surface area contributed by atoms with Gasteiger partial charge >= 0.3 is 5.97 Å². The Kier molecular flexibility index (Phi) is 6.68. The Morgan fingerprint density at radius 1 is 1.33 bits per heavy atom. The van der Waals surface area contributed by atoms with Crippen LogP contribution in [0.25, 0.3) is 0 Å². The number of carboxylic acids is 1. The van der Waals surface area contributed by atoms with Crippen LogP contribution in [0.1, 0.15) is 37.0 Å². The Bertz CT molecular complexity index is 499. The Labute approximate surface area is 124 Å². The zero-order chi connectivity index (χ0) is 15.8. The van der Waals surface area contributed by atoms with Crippen molar-refractivity contribution < 1.29 is 24.2 Å². The van der Waals surface area contributed by atoms with Crippen molar-refractivity contribution in [2.75, 3.05) is 19.0 Å². The fourth-order valence-corrected chi connectivity index (χ4v) is 1.70. The quantitative estimate of drug-likeness (QED) is 0.720. The third-order valence-corrected chi connectivity index (χ3v) is 2.73. The second kappa shape index (κ2) is 8.26. The summed E-state index contributed by atoms with van der Waals surface area (Å²) in [6, 6.07) is 4.49. The van der Waals surface area contributed by atoms with Crippen LogP contribution >= 0.6 is 0 Å². The molecule has 0 aliphatic rings. The van der Waals surface area contributed by atoms with Crippen LogP contribution in [0.5, 0.6) is 5.75 Å². The largest absolute Gasteiger partial charge is 0.497 e.